The van der Waals surface area contributed by atoms with Gasteiger partial charge in [-0.2, -0.15) is 0 Å². The summed E-state index contributed by atoms with van der Waals surface area (Å²) in [6.45, 7) is 4.26. The molecule has 0 amide bonds. The van der Waals surface area contributed by atoms with Crippen LogP contribution < -0.4 is 9.88 Å². The maximum absolute atomic E-state index is 11.9. The number of benzene rings is 1. The van der Waals surface area contributed by atoms with Crippen LogP contribution in [0, 0.1) is 5.92 Å². The molecular weight excluding hydrogens is 402 g/mol. The van der Waals surface area contributed by atoms with Gasteiger partial charge in [0.2, 0.25) is 10.0 Å². The Morgan fingerprint density at radius 2 is 1.30 bits per heavy atom. The Hall–Kier alpha value is -1.73. The van der Waals surface area contributed by atoms with Gasteiger partial charge in [0.1, 0.15) is 17.3 Å². The van der Waals surface area contributed by atoms with Crippen LogP contribution in [0.25, 0.3) is 0 Å². The Balaban J connectivity index is 2.04. The molecule has 170 valence electrons. The molecule has 0 aromatic heterocycles. The topological polar surface area (TPSA) is 104 Å². The standard InChI is InChI=1S/C23H37NO5S/c1-3-22(25)21(23(26)4-2)13-11-9-7-5-6-8-10-12-18-29-19-14-16-20(17-15-19)30(24,27)28/h14-17,21H,3-13,18H2,1-2H3,(H2,24,27,28). The predicted molar refractivity (Wildman–Crippen MR) is 119 cm³/mol. The lowest BCUT2D eigenvalue weighted by atomic mass is 9.90. The third-order valence-electron chi connectivity index (χ3n) is 5.28. The highest BCUT2D eigenvalue weighted by molar-refractivity contribution is 7.89. The second-order valence-corrected chi connectivity index (χ2v) is 9.24. The van der Waals surface area contributed by atoms with E-state index < -0.39 is 10.0 Å². The van der Waals surface area contributed by atoms with Gasteiger partial charge in [-0.1, -0.05) is 58.8 Å². The van der Waals surface area contributed by atoms with E-state index in [2.05, 4.69) is 0 Å². The summed E-state index contributed by atoms with van der Waals surface area (Å²) in [6, 6.07) is 6.13. The van der Waals surface area contributed by atoms with Crippen LogP contribution in [0.3, 0.4) is 0 Å². The number of sulfonamides is 1. The second kappa shape index (κ2) is 14.3. The van der Waals surface area contributed by atoms with Crippen molar-refractivity contribution in [2.24, 2.45) is 11.1 Å². The smallest absolute Gasteiger partial charge is 0.238 e. The summed E-state index contributed by atoms with van der Waals surface area (Å²) < 4.78 is 28.0. The SMILES string of the molecule is CCC(=O)C(CCCCCCCCCCOc1ccc(S(N)(=O)=O)cc1)C(=O)CC. The zero-order valence-electron chi connectivity index (χ0n) is 18.4. The second-order valence-electron chi connectivity index (χ2n) is 7.67. The Kier molecular flexibility index (Phi) is 12.5. The number of hydrogen-bond acceptors (Lipinski definition) is 5. The molecule has 0 unspecified atom stereocenters. The first-order chi connectivity index (χ1) is 14.3. The summed E-state index contributed by atoms with van der Waals surface area (Å²) in [6.07, 6.45) is 10.3. The van der Waals surface area contributed by atoms with Crippen molar-refractivity contribution in [3.05, 3.63) is 24.3 Å². The van der Waals surface area contributed by atoms with Crippen LogP contribution in [0.15, 0.2) is 29.2 Å². The van der Waals surface area contributed by atoms with Crippen molar-refractivity contribution in [1.82, 2.24) is 0 Å². The number of Topliss-reactive ketones (excluding diaryl/α,β-unsaturated/α-hetero) is 2. The zero-order valence-corrected chi connectivity index (χ0v) is 19.2. The molecule has 0 spiro atoms. The lowest BCUT2D eigenvalue weighted by Gasteiger charge is -2.12. The number of ether oxygens (including phenoxy) is 1. The van der Waals surface area contributed by atoms with Gasteiger partial charge in [-0.05, 0) is 37.1 Å². The molecule has 1 rings (SSSR count). The minimum absolute atomic E-state index is 0.0827. The fraction of sp³-hybridized carbons (Fsp3) is 0.652. The first kappa shape index (κ1) is 26.3. The number of primary sulfonamides is 1. The average Bonchev–Trinajstić information content (AvgIpc) is 2.73. The van der Waals surface area contributed by atoms with E-state index >= 15 is 0 Å². The van der Waals surface area contributed by atoms with E-state index in [1.165, 1.54) is 25.0 Å². The van der Waals surface area contributed by atoms with Gasteiger partial charge < -0.3 is 4.74 Å². The number of ketones is 2. The van der Waals surface area contributed by atoms with E-state index in [1.54, 1.807) is 12.1 Å². The van der Waals surface area contributed by atoms with Crippen LogP contribution >= 0.6 is 0 Å². The van der Waals surface area contributed by atoms with Gasteiger partial charge in [0.25, 0.3) is 0 Å². The minimum atomic E-state index is -3.66. The van der Waals surface area contributed by atoms with Crippen LogP contribution in [-0.4, -0.2) is 26.6 Å². The molecule has 30 heavy (non-hydrogen) atoms. The fourth-order valence-electron chi connectivity index (χ4n) is 3.42. The molecule has 1 aromatic rings. The van der Waals surface area contributed by atoms with Crippen molar-refractivity contribution in [2.45, 2.75) is 89.4 Å². The minimum Gasteiger partial charge on any atom is -0.494 e. The average molecular weight is 440 g/mol. The third-order valence-corrected chi connectivity index (χ3v) is 6.21. The molecule has 0 aliphatic carbocycles. The number of hydrogen-bond donors (Lipinski definition) is 1. The number of rotatable bonds is 17. The van der Waals surface area contributed by atoms with Gasteiger partial charge in [0.15, 0.2) is 0 Å². The van der Waals surface area contributed by atoms with Gasteiger partial charge in [-0.15, -0.1) is 0 Å². The van der Waals surface area contributed by atoms with Crippen LogP contribution in [0.1, 0.15) is 84.5 Å². The van der Waals surface area contributed by atoms with Crippen LogP contribution in [0.2, 0.25) is 0 Å². The number of nitrogens with two attached hydrogens (primary N) is 1. The zero-order chi connectivity index (χ0) is 22.4. The molecule has 1 aromatic carbocycles. The lowest BCUT2D eigenvalue weighted by molar-refractivity contribution is -0.132. The molecule has 2 N–H and O–H groups in total. The maximum Gasteiger partial charge on any atom is 0.238 e. The molecule has 0 heterocycles. The van der Waals surface area contributed by atoms with Gasteiger partial charge in [-0.25, -0.2) is 13.6 Å². The summed E-state index contributed by atoms with van der Waals surface area (Å²) in [7, 11) is -3.66. The van der Waals surface area contributed by atoms with E-state index in [0.29, 0.717) is 31.6 Å². The van der Waals surface area contributed by atoms with Crippen molar-refractivity contribution in [2.75, 3.05) is 6.61 Å². The van der Waals surface area contributed by atoms with Crippen LogP contribution in [-0.2, 0) is 19.6 Å². The highest BCUT2D eigenvalue weighted by Crippen LogP contribution is 2.18. The monoisotopic (exact) mass is 439 g/mol. The van der Waals surface area contributed by atoms with E-state index in [-0.39, 0.29) is 22.4 Å². The summed E-state index contributed by atoms with van der Waals surface area (Å²) in [4.78, 5) is 23.9. The highest BCUT2D eigenvalue weighted by Gasteiger charge is 2.22. The molecule has 0 radical (unpaired) electrons. The van der Waals surface area contributed by atoms with E-state index in [9.17, 15) is 18.0 Å². The summed E-state index contributed by atoms with van der Waals surface area (Å²) in [5, 5.41) is 5.07. The molecule has 0 aliphatic heterocycles. The summed E-state index contributed by atoms with van der Waals surface area (Å²) in [5.74, 6) is 0.438. The molecule has 0 saturated heterocycles. The Morgan fingerprint density at radius 1 is 0.833 bits per heavy atom. The number of carbonyl (C=O) groups is 2. The molecule has 6 nitrogen and oxygen atoms in total. The van der Waals surface area contributed by atoms with E-state index in [0.717, 1.165) is 38.5 Å². The van der Waals surface area contributed by atoms with Gasteiger partial charge >= 0.3 is 0 Å². The number of unbranched alkanes of at least 4 members (excludes halogenated alkanes) is 7. The molecule has 0 aliphatic rings. The first-order valence-electron chi connectivity index (χ1n) is 11.1. The summed E-state index contributed by atoms with van der Waals surface area (Å²) >= 11 is 0. The quantitative estimate of drug-likeness (QED) is 0.277. The van der Waals surface area contributed by atoms with Gasteiger partial charge in [0, 0.05) is 12.8 Å². The number of carbonyl (C=O) groups excluding carboxylic acids is 2. The molecular formula is C23H37NO5S. The van der Waals surface area contributed by atoms with Crippen LogP contribution in [0.5, 0.6) is 5.75 Å². The lowest BCUT2D eigenvalue weighted by Crippen LogP contribution is -2.22. The van der Waals surface area contributed by atoms with Crippen molar-refractivity contribution >= 4 is 21.6 Å². The molecule has 0 atom stereocenters. The fourth-order valence-corrected chi connectivity index (χ4v) is 3.94. The Bertz CT molecular complexity index is 727. The molecule has 0 fully saturated rings. The first-order valence-corrected chi connectivity index (χ1v) is 12.6. The highest BCUT2D eigenvalue weighted by atomic mass is 32.2. The van der Waals surface area contributed by atoms with E-state index in [4.69, 9.17) is 9.88 Å². The molecule has 7 heteroatoms. The van der Waals surface area contributed by atoms with Crippen LogP contribution in [0.4, 0.5) is 0 Å². The Labute approximate surface area is 181 Å². The third kappa shape index (κ3) is 10.3. The van der Waals surface area contributed by atoms with Gasteiger partial charge in [0.05, 0.1) is 17.4 Å². The Morgan fingerprint density at radius 3 is 1.77 bits per heavy atom. The largest absolute Gasteiger partial charge is 0.494 e. The van der Waals surface area contributed by atoms with Crippen molar-refractivity contribution in [1.29, 1.82) is 0 Å². The predicted octanol–water partition coefficient (Wildman–Crippen LogP) is 4.80. The normalized spacial score (nSPS) is 11.6. The van der Waals surface area contributed by atoms with Crippen molar-refractivity contribution in [3.8, 4) is 5.75 Å². The van der Waals surface area contributed by atoms with Crippen molar-refractivity contribution in [3.63, 3.8) is 0 Å². The molecule has 0 saturated carbocycles. The van der Waals surface area contributed by atoms with Crippen molar-refractivity contribution < 1.29 is 22.7 Å². The molecule has 0 bridgehead atoms. The maximum atomic E-state index is 11.9. The van der Waals surface area contributed by atoms with Gasteiger partial charge in [-0.3, -0.25) is 9.59 Å². The van der Waals surface area contributed by atoms with E-state index in [1.807, 2.05) is 13.8 Å². The summed E-state index contributed by atoms with van der Waals surface area (Å²) in [5.41, 5.74) is 0.